The summed E-state index contributed by atoms with van der Waals surface area (Å²) in [6.45, 7) is 1.01. The number of anilines is 1. The molecule has 0 saturated heterocycles. The highest BCUT2D eigenvalue weighted by Crippen LogP contribution is 2.24. The van der Waals surface area contributed by atoms with Crippen LogP contribution in [0.4, 0.5) is 5.82 Å². The van der Waals surface area contributed by atoms with Gasteiger partial charge in [0, 0.05) is 6.54 Å². The molecule has 1 aliphatic rings. The molecule has 14 heavy (non-hydrogen) atoms. The number of nitrogens with one attached hydrogen (secondary N) is 1. The van der Waals surface area contributed by atoms with Gasteiger partial charge in [-0.25, -0.2) is 0 Å². The molecule has 1 aromatic heterocycles. The highest BCUT2D eigenvalue weighted by atomic mass is 35.5. The van der Waals surface area contributed by atoms with Crippen molar-refractivity contribution in [3.8, 4) is 0 Å². The number of aromatic nitrogens is 2. The van der Waals surface area contributed by atoms with Crippen molar-refractivity contribution < 1.29 is 0 Å². The Morgan fingerprint density at radius 3 is 2.71 bits per heavy atom. The van der Waals surface area contributed by atoms with Crippen molar-refractivity contribution in [2.45, 2.75) is 25.7 Å². The molecule has 0 aliphatic heterocycles. The lowest BCUT2D eigenvalue weighted by Gasteiger charge is -2.09. The molecular formula is C10H14ClN3. The van der Waals surface area contributed by atoms with Crippen molar-refractivity contribution in [1.29, 1.82) is 0 Å². The fourth-order valence-electron chi connectivity index (χ4n) is 1.87. The van der Waals surface area contributed by atoms with Crippen molar-refractivity contribution in [2.24, 2.45) is 5.92 Å². The Bertz CT molecular complexity index is 280. The summed E-state index contributed by atoms with van der Waals surface area (Å²) in [5, 5.41) is 11.4. The van der Waals surface area contributed by atoms with Crippen molar-refractivity contribution >= 4 is 17.4 Å². The summed E-state index contributed by atoms with van der Waals surface area (Å²) in [5.74, 6) is 1.63. The summed E-state index contributed by atoms with van der Waals surface area (Å²) in [7, 11) is 0. The molecule has 2 rings (SSSR count). The number of rotatable bonds is 3. The molecule has 0 bridgehead atoms. The van der Waals surface area contributed by atoms with Gasteiger partial charge in [-0.05, 0) is 30.9 Å². The zero-order valence-corrected chi connectivity index (χ0v) is 8.80. The molecule has 0 atom stereocenters. The lowest BCUT2D eigenvalue weighted by atomic mass is 10.1. The zero-order chi connectivity index (χ0) is 9.80. The van der Waals surface area contributed by atoms with E-state index in [0.29, 0.717) is 5.15 Å². The Morgan fingerprint density at radius 2 is 2.07 bits per heavy atom. The molecule has 1 heterocycles. The summed E-state index contributed by atoms with van der Waals surface area (Å²) in [5.41, 5.74) is 0. The number of halogens is 1. The van der Waals surface area contributed by atoms with Gasteiger partial charge in [0.25, 0.3) is 0 Å². The van der Waals surface area contributed by atoms with Crippen LogP contribution in [0.15, 0.2) is 12.1 Å². The van der Waals surface area contributed by atoms with Crippen molar-refractivity contribution in [3.05, 3.63) is 17.3 Å². The van der Waals surface area contributed by atoms with E-state index < -0.39 is 0 Å². The summed E-state index contributed by atoms with van der Waals surface area (Å²) in [6, 6.07) is 3.62. The van der Waals surface area contributed by atoms with Crippen LogP contribution in [0.25, 0.3) is 0 Å². The average Bonchev–Trinajstić information content (AvgIpc) is 2.70. The van der Waals surface area contributed by atoms with E-state index in [9.17, 15) is 0 Å². The van der Waals surface area contributed by atoms with Crippen molar-refractivity contribution in [2.75, 3.05) is 11.9 Å². The summed E-state index contributed by atoms with van der Waals surface area (Å²) >= 11 is 5.64. The summed E-state index contributed by atoms with van der Waals surface area (Å²) in [4.78, 5) is 0. The topological polar surface area (TPSA) is 37.8 Å². The van der Waals surface area contributed by atoms with Gasteiger partial charge >= 0.3 is 0 Å². The van der Waals surface area contributed by atoms with Gasteiger partial charge in [-0.3, -0.25) is 0 Å². The molecule has 1 N–H and O–H groups in total. The third-order valence-electron chi connectivity index (χ3n) is 2.68. The van der Waals surface area contributed by atoms with Crippen LogP contribution in [0.3, 0.4) is 0 Å². The lowest BCUT2D eigenvalue weighted by Crippen LogP contribution is -2.12. The number of hydrogen-bond donors (Lipinski definition) is 1. The second kappa shape index (κ2) is 4.60. The second-order valence-corrected chi connectivity index (χ2v) is 4.16. The third kappa shape index (κ3) is 2.58. The minimum absolute atomic E-state index is 0.441. The Balaban J connectivity index is 1.82. The maximum absolute atomic E-state index is 5.64. The first-order valence-corrected chi connectivity index (χ1v) is 5.45. The van der Waals surface area contributed by atoms with Crippen LogP contribution in [-0.2, 0) is 0 Å². The molecule has 0 amide bonds. The maximum Gasteiger partial charge on any atom is 0.151 e. The second-order valence-electron chi connectivity index (χ2n) is 3.77. The van der Waals surface area contributed by atoms with Gasteiger partial charge in [-0.1, -0.05) is 24.4 Å². The molecule has 3 nitrogen and oxygen atoms in total. The Labute approximate surface area is 88.9 Å². The van der Waals surface area contributed by atoms with Gasteiger partial charge in [0.15, 0.2) is 5.15 Å². The fourth-order valence-corrected chi connectivity index (χ4v) is 1.97. The first-order chi connectivity index (χ1) is 6.84. The van der Waals surface area contributed by atoms with Gasteiger partial charge in [0.05, 0.1) is 0 Å². The van der Waals surface area contributed by atoms with Crippen LogP contribution in [0, 0.1) is 5.92 Å². The number of hydrogen-bond acceptors (Lipinski definition) is 3. The van der Waals surface area contributed by atoms with E-state index in [1.807, 2.05) is 6.07 Å². The minimum Gasteiger partial charge on any atom is -0.368 e. The zero-order valence-electron chi connectivity index (χ0n) is 8.04. The highest BCUT2D eigenvalue weighted by Gasteiger charge is 2.14. The van der Waals surface area contributed by atoms with Gasteiger partial charge in [0.2, 0.25) is 0 Å². The molecule has 1 aliphatic carbocycles. The van der Waals surface area contributed by atoms with Crippen LogP contribution in [0.5, 0.6) is 0 Å². The smallest absolute Gasteiger partial charge is 0.151 e. The standard InChI is InChI=1S/C10H14ClN3/c11-9-5-6-10(14-13-9)12-7-8-3-1-2-4-8/h5-6,8H,1-4,7H2,(H,12,14). The predicted molar refractivity (Wildman–Crippen MR) is 57.5 cm³/mol. The minimum atomic E-state index is 0.441. The van der Waals surface area contributed by atoms with E-state index in [-0.39, 0.29) is 0 Å². The van der Waals surface area contributed by atoms with Crippen LogP contribution in [0.1, 0.15) is 25.7 Å². The van der Waals surface area contributed by atoms with E-state index in [1.165, 1.54) is 25.7 Å². The lowest BCUT2D eigenvalue weighted by molar-refractivity contribution is 0.578. The summed E-state index contributed by atoms with van der Waals surface area (Å²) in [6.07, 6.45) is 5.43. The molecule has 1 fully saturated rings. The molecule has 76 valence electrons. The quantitative estimate of drug-likeness (QED) is 0.836. The maximum atomic E-state index is 5.64. The van der Waals surface area contributed by atoms with Gasteiger partial charge in [-0.2, -0.15) is 0 Å². The third-order valence-corrected chi connectivity index (χ3v) is 2.88. The van der Waals surface area contributed by atoms with Crippen molar-refractivity contribution in [1.82, 2.24) is 10.2 Å². The first-order valence-electron chi connectivity index (χ1n) is 5.08. The van der Waals surface area contributed by atoms with E-state index in [1.54, 1.807) is 6.07 Å². The van der Waals surface area contributed by atoms with Gasteiger partial charge in [0.1, 0.15) is 5.82 Å². The van der Waals surface area contributed by atoms with E-state index in [2.05, 4.69) is 15.5 Å². The van der Waals surface area contributed by atoms with Gasteiger partial charge < -0.3 is 5.32 Å². The molecule has 1 aromatic rings. The van der Waals surface area contributed by atoms with Crippen LogP contribution in [0.2, 0.25) is 5.15 Å². The molecule has 0 spiro atoms. The predicted octanol–water partition coefficient (Wildman–Crippen LogP) is 2.73. The molecule has 1 saturated carbocycles. The first kappa shape index (κ1) is 9.71. The molecule has 0 radical (unpaired) electrons. The van der Waals surface area contributed by atoms with E-state index >= 15 is 0 Å². The number of nitrogens with zero attached hydrogens (tertiary/aromatic N) is 2. The Kier molecular flexibility index (Phi) is 3.19. The van der Waals surface area contributed by atoms with Crippen molar-refractivity contribution in [3.63, 3.8) is 0 Å². The fraction of sp³-hybridized carbons (Fsp3) is 0.600. The Hall–Kier alpha value is -0.830. The Morgan fingerprint density at radius 1 is 1.29 bits per heavy atom. The van der Waals surface area contributed by atoms with Crippen LogP contribution < -0.4 is 5.32 Å². The molecule has 0 aromatic carbocycles. The molecule has 4 heteroatoms. The normalized spacial score (nSPS) is 17.2. The monoisotopic (exact) mass is 211 g/mol. The molecule has 0 unspecified atom stereocenters. The SMILES string of the molecule is Clc1ccc(NCC2CCCC2)nn1. The summed E-state index contributed by atoms with van der Waals surface area (Å²) < 4.78 is 0. The van der Waals surface area contributed by atoms with Crippen LogP contribution in [-0.4, -0.2) is 16.7 Å². The van der Waals surface area contributed by atoms with E-state index in [0.717, 1.165) is 18.3 Å². The van der Waals surface area contributed by atoms with Crippen LogP contribution >= 0.6 is 11.6 Å². The average molecular weight is 212 g/mol. The molecular weight excluding hydrogens is 198 g/mol. The highest BCUT2D eigenvalue weighted by molar-refractivity contribution is 6.29. The van der Waals surface area contributed by atoms with Gasteiger partial charge in [-0.15, -0.1) is 10.2 Å². The largest absolute Gasteiger partial charge is 0.368 e. The van der Waals surface area contributed by atoms with E-state index in [4.69, 9.17) is 11.6 Å².